The van der Waals surface area contributed by atoms with E-state index in [1.54, 1.807) is 0 Å². The number of carboxylic acid groups (broad SMARTS) is 1. The number of hydrogen-bond donors (Lipinski definition) is 3. The third kappa shape index (κ3) is 6.03. The van der Waals surface area contributed by atoms with Gasteiger partial charge in [-0.3, -0.25) is 9.59 Å². The van der Waals surface area contributed by atoms with Crippen LogP contribution in [0, 0.1) is 0 Å². The Bertz CT molecular complexity index is 212. The fraction of sp³-hybridized carbons (Fsp3) is 0.778. The fourth-order valence-electron chi connectivity index (χ4n) is 1.03. The van der Waals surface area contributed by atoms with Crippen LogP contribution in [0.5, 0.6) is 0 Å². The molecule has 15 heavy (non-hydrogen) atoms. The highest BCUT2D eigenvalue weighted by Crippen LogP contribution is 2.05. The molecule has 1 aliphatic heterocycles. The number of carbonyl (C=O) groups excluding carboxylic acids is 1. The molecule has 0 unspecified atom stereocenters. The van der Waals surface area contributed by atoms with Gasteiger partial charge < -0.3 is 20.9 Å². The number of hydrogen-bond acceptors (Lipinski definition) is 5. The molecule has 0 aromatic carbocycles. The van der Waals surface area contributed by atoms with E-state index >= 15 is 0 Å². The van der Waals surface area contributed by atoms with Crippen molar-refractivity contribution in [1.29, 1.82) is 0 Å². The van der Waals surface area contributed by atoms with Gasteiger partial charge in [0.2, 0.25) is 0 Å². The van der Waals surface area contributed by atoms with E-state index in [0.717, 1.165) is 19.4 Å². The van der Waals surface area contributed by atoms with Gasteiger partial charge in [-0.1, -0.05) is 0 Å². The fourth-order valence-corrected chi connectivity index (χ4v) is 1.03. The number of nitrogens with one attached hydrogen (secondary N) is 1. The van der Waals surface area contributed by atoms with E-state index in [1.165, 1.54) is 14.0 Å². The summed E-state index contributed by atoms with van der Waals surface area (Å²) in [5.41, 5.74) is 4.84. The number of rotatable bonds is 2. The van der Waals surface area contributed by atoms with Crippen LogP contribution in [0.1, 0.15) is 19.8 Å². The number of carbonyl (C=O) groups is 2. The molecular formula is C9H18N2O4. The molecule has 0 saturated carbocycles. The Balaban J connectivity index is 0.000000288. The Kier molecular flexibility index (Phi) is 6.64. The molecule has 1 rings (SSSR count). The van der Waals surface area contributed by atoms with Gasteiger partial charge in [-0.15, -0.1) is 0 Å². The number of ether oxygens (including phenoxy) is 1. The van der Waals surface area contributed by atoms with Crippen LogP contribution in [0.4, 0.5) is 0 Å². The normalized spacial score (nSPS) is 21.1. The molecule has 0 amide bonds. The lowest BCUT2D eigenvalue weighted by Gasteiger charge is -2.04. The van der Waals surface area contributed by atoms with E-state index in [-0.39, 0.29) is 12.0 Å². The van der Waals surface area contributed by atoms with E-state index in [4.69, 9.17) is 10.8 Å². The predicted molar refractivity (Wildman–Crippen MR) is 54.3 cm³/mol. The van der Waals surface area contributed by atoms with Crippen LogP contribution in [0.3, 0.4) is 0 Å². The molecule has 0 aromatic heterocycles. The highest BCUT2D eigenvalue weighted by Gasteiger charge is 2.21. The minimum absolute atomic E-state index is 0.0324. The maximum Gasteiger partial charge on any atom is 0.322 e. The first kappa shape index (κ1) is 13.9. The van der Waals surface area contributed by atoms with Gasteiger partial charge in [-0.2, -0.15) is 0 Å². The van der Waals surface area contributed by atoms with Gasteiger partial charge in [-0.05, 0) is 26.3 Å². The summed E-state index contributed by atoms with van der Waals surface area (Å²) < 4.78 is 4.53. The number of esters is 1. The van der Waals surface area contributed by atoms with Crippen molar-refractivity contribution in [3.63, 3.8) is 0 Å². The summed E-state index contributed by atoms with van der Waals surface area (Å²) >= 11 is 0. The van der Waals surface area contributed by atoms with Crippen LogP contribution in [0.15, 0.2) is 0 Å². The van der Waals surface area contributed by atoms with Gasteiger partial charge in [0.25, 0.3) is 0 Å². The average molecular weight is 218 g/mol. The smallest absolute Gasteiger partial charge is 0.322 e. The van der Waals surface area contributed by atoms with Crippen molar-refractivity contribution in [3.05, 3.63) is 0 Å². The van der Waals surface area contributed by atoms with Crippen molar-refractivity contribution >= 4 is 11.9 Å². The van der Waals surface area contributed by atoms with Crippen LogP contribution >= 0.6 is 0 Å². The first-order valence-corrected chi connectivity index (χ1v) is 4.78. The number of carboxylic acids is 1. The van der Waals surface area contributed by atoms with Crippen molar-refractivity contribution < 1.29 is 19.4 Å². The molecule has 1 aliphatic rings. The van der Waals surface area contributed by atoms with Gasteiger partial charge in [0.15, 0.2) is 0 Å². The van der Waals surface area contributed by atoms with Crippen molar-refractivity contribution in [2.45, 2.75) is 31.8 Å². The van der Waals surface area contributed by atoms with Crippen LogP contribution in [0.2, 0.25) is 0 Å². The Morgan fingerprint density at radius 3 is 2.40 bits per heavy atom. The molecule has 1 fully saturated rings. The Morgan fingerprint density at radius 1 is 1.60 bits per heavy atom. The van der Waals surface area contributed by atoms with E-state index in [9.17, 15) is 9.59 Å². The minimum atomic E-state index is -0.963. The largest absolute Gasteiger partial charge is 0.480 e. The second-order valence-corrected chi connectivity index (χ2v) is 3.30. The second-order valence-electron chi connectivity index (χ2n) is 3.30. The summed E-state index contributed by atoms with van der Waals surface area (Å²) in [5, 5.41) is 10.9. The SMILES string of the molecule is COC(=O)[C@@H]1CCCN1.C[C@H](N)C(=O)O. The zero-order valence-corrected chi connectivity index (χ0v) is 9.03. The lowest BCUT2D eigenvalue weighted by atomic mass is 10.2. The first-order valence-electron chi connectivity index (χ1n) is 4.78. The molecule has 0 aliphatic carbocycles. The molecule has 2 atom stereocenters. The summed E-state index contributed by atoms with van der Waals surface area (Å²) in [6, 6.07) is -0.764. The molecule has 6 nitrogen and oxygen atoms in total. The van der Waals surface area contributed by atoms with Gasteiger partial charge in [0.05, 0.1) is 7.11 Å². The molecule has 6 heteroatoms. The lowest BCUT2D eigenvalue weighted by molar-refractivity contribution is -0.142. The summed E-state index contributed by atoms with van der Waals surface area (Å²) in [6.07, 6.45) is 2.01. The van der Waals surface area contributed by atoms with Gasteiger partial charge in [-0.25, -0.2) is 0 Å². The Morgan fingerprint density at radius 2 is 2.13 bits per heavy atom. The molecule has 1 heterocycles. The summed E-state index contributed by atoms with van der Waals surface area (Å²) in [7, 11) is 1.42. The first-order chi connectivity index (χ1) is 6.99. The van der Waals surface area contributed by atoms with E-state index in [2.05, 4.69) is 10.1 Å². The summed E-state index contributed by atoms with van der Waals surface area (Å²) in [6.45, 7) is 2.36. The summed E-state index contributed by atoms with van der Waals surface area (Å²) in [5.74, 6) is -1.09. The van der Waals surface area contributed by atoms with Crippen molar-refractivity contribution in [2.24, 2.45) is 5.73 Å². The predicted octanol–water partition coefficient (Wildman–Crippen LogP) is -0.670. The van der Waals surface area contributed by atoms with Gasteiger partial charge >= 0.3 is 11.9 Å². The van der Waals surface area contributed by atoms with Crippen molar-refractivity contribution in [3.8, 4) is 0 Å². The monoisotopic (exact) mass is 218 g/mol. The molecule has 0 radical (unpaired) electrons. The number of nitrogens with two attached hydrogens (primary N) is 1. The van der Waals surface area contributed by atoms with Gasteiger partial charge in [0, 0.05) is 0 Å². The van der Waals surface area contributed by atoms with Crippen LogP contribution in [-0.4, -0.2) is 42.8 Å². The lowest BCUT2D eigenvalue weighted by Crippen LogP contribution is -2.31. The Hall–Kier alpha value is -1.14. The number of aliphatic carboxylic acids is 1. The zero-order valence-electron chi connectivity index (χ0n) is 9.03. The van der Waals surface area contributed by atoms with E-state index in [0.29, 0.717) is 0 Å². The minimum Gasteiger partial charge on any atom is -0.480 e. The highest BCUT2D eigenvalue weighted by atomic mass is 16.5. The second kappa shape index (κ2) is 7.19. The average Bonchev–Trinajstić information content (AvgIpc) is 2.70. The maximum absolute atomic E-state index is 10.7. The molecule has 1 saturated heterocycles. The van der Waals surface area contributed by atoms with Crippen molar-refractivity contribution in [2.75, 3.05) is 13.7 Å². The molecule has 0 aromatic rings. The van der Waals surface area contributed by atoms with Gasteiger partial charge in [0.1, 0.15) is 12.1 Å². The molecule has 0 bridgehead atoms. The third-order valence-electron chi connectivity index (χ3n) is 1.94. The standard InChI is InChI=1S/C6H11NO2.C3H7NO2/c1-9-6(8)5-3-2-4-7-5;1-2(4)3(5)6/h5,7H,2-4H2,1H3;2H,4H2,1H3,(H,5,6)/t5-;2-/m00/s1. The van der Waals surface area contributed by atoms with E-state index in [1.807, 2.05) is 0 Å². The molecular weight excluding hydrogens is 200 g/mol. The van der Waals surface area contributed by atoms with Crippen LogP contribution in [0.25, 0.3) is 0 Å². The molecule has 88 valence electrons. The zero-order chi connectivity index (χ0) is 11.8. The highest BCUT2D eigenvalue weighted by molar-refractivity contribution is 5.75. The number of methoxy groups -OCH3 is 1. The Labute approximate surface area is 88.8 Å². The molecule has 4 N–H and O–H groups in total. The van der Waals surface area contributed by atoms with Crippen LogP contribution in [-0.2, 0) is 14.3 Å². The third-order valence-corrected chi connectivity index (χ3v) is 1.94. The van der Waals surface area contributed by atoms with Crippen molar-refractivity contribution in [1.82, 2.24) is 5.32 Å². The van der Waals surface area contributed by atoms with Crippen LogP contribution < -0.4 is 11.1 Å². The quantitative estimate of drug-likeness (QED) is 0.531. The maximum atomic E-state index is 10.7. The van der Waals surface area contributed by atoms with E-state index < -0.39 is 12.0 Å². The topological polar surface area (TPSA) is 102 Å². The molecule has 0 spiro atoms. The summed E-state index contributed by atoms with van der Waals surface area (Å²) in [4.78, 5) is 20.3.